The van der Waals surface area contributed by atoms with E-state index in [0.717, 1.165) is 6.34 Å². The van der Waals surface area contributed by atoms with Crippen LogP contribution >= 0.6 is 0 Å². The molecule has 0 saturated carbocycles. The summed E-state index contributed by atoms with van der Waals surface area (Å²) >= 11 is 0. The largest absolute Gasteiger partial charge is 0.480 e. The second-order valence-corrected chi connectivity index (χ2v) is 7.56. The van der Waals surface area contributed by atoms with Crippen molar-refractivity contribution in [2.75, 3.05) is 19.8 Å². The Hall–Kier alpha value is -2.52. The van der Waals surface area contributed by atoms with Gasteiger partial charge in [0, 0.05) is 6.54 Å². The zero-order valence-electron chi connectivity index (χ0n) is 18.9. The molecule has 210 valence electrons. The Morgan fingerprint density at radius 1 is 0.750 bits per heavy atom. The number of aliphatic carboxylic acids is 1. The first-order chi connectivity index (χ1) is 16.8. The summed E-state index contributed by atoms with van der Waals surface area (Å²) in [6, 6.07) is -1.53. The van der Waals surface area contributed by atoms with E-state index in [1.54, 1.807) is 0 Å². The Morgan fingerprint density at radius 2 is 1.22 bits per heavy atom. The van der Waals surface area contributed by atoms with Crippen molar-refractivity contribution in [3.63, 3.8) is 0 Å². The number of nitrogens with zero attached hydrogens (tertiary/aromatic N) is 1. The number of aliphatic hydroxyl groups excluding tert-OH is 10. The number of carboxylic acids is 1. The minimum absolute atomic E-state index is 0.0400. The second kappa shape index (κ2) is 17.0. The third kappa shape index (κ3) is 11.0. The summed E-state index contributed by atoms with van der Waals surface area (Å²) in [5, 5.41) is 105. The van der Waals surface area contributed by atoms with Crippen LogP contribution in [0, 0.1) is 0 Å². The Morgan fingerprint density at radius 3 is 1.67 bits per heavy atom. The highest BCUT2D eigenvalue weighted by Crippen LogP contribution is 2.07. The van der Waals surface area contributed by atoms with Crippen molar-refractivity contribution in [1.82, 2.24) is 16.2 Å². The van der Waals surface area contributed by atoms with Gasteiger partial charge in [0.2, 0.25) is 0 Å². The van der Waals surface area contributed by atoms with Crippen LogP contribution in [0.4, 0.5) is 0 Å². The summed E-state index contributed by atoms with van der Waals surface area (Å²) in [4.78, 5) is 38.7. The highest BCUT2D eigenvalue weighted by atomic mass is 16.4. The topological polar surface area (TPSA) is 322 Å². The van der Waals surface area contributed by atoms with E-state index >= 15 is 0 Å². The van der Waals surface area contributed by atoms with E-state index in [0.29, 0.717) is 0 Å². The van der Waals surface area contributed by atoms with Crippen LogP contribution in [-0.4, -0.2) is 155 Å². The smallest absolute Gasteiger partial charge is 0.326 e. The molecular weight excluding hydrogens is 496 g/mol. The SMILES string of the molecule is O=C(O)[C@H](CCCN=CNNC(=O)[C@H](O)[C@@H](O)[C@H](O)[C@H](O)CO)NC(=O)[C@H](O)[C@@H](O)[C@H](O)[C@H](O)CO. The van der Waals surface area contributed by atoms with Crippen LogP contribution in [0.25, 0.3) is 0 Å². The maximum absolute atomic E-state index is 12.0. The van der Waals surface area contributed by atoms with Crippen LogP contribution in [0.5, 0.6) is 0 Å². The van der Waals surface area contributed by atoms with E-state index in [1.807, 2.05) is 10.7 Å². The fraction of sp³-hybridized carbons (Fsp3) is 0.778. The van der Waals surface area contributed by atoms with Gasteiger partial charge in [-0.2, -0.15) is 0 Å². The van der Waals surface area contributed by atoms with E-state index < -0.39 is 85.9 Å². The fourth-order valence-electron chi connectivity index (χ4n) is 2.54. The summed E-state index contributed by atoms with van der Waals surface area (Å²) in [5.74, 6) is -4.06. The monoisotopic (exact) mass is 530 g/mol. The van der Waals surface area contributed by atoms with Crippen LogP contribution in [0.1, 0.15) is 12.8 Å². The zero-order valence-corrected chi connectivity index (χ0v) is 18.9. The van der Waals surface area contributed by atoms with Crippen molar-refractivity contribution >= 4 is 24.1 Å². The number of hydrogen-bond acceptors (Lipinski definition) is 14. The highest BCUT2D eigenvalue weighted by molar-refractivity contribution is 5.86. The second-order valence-electron chi connectivity index (χ2n) is 7.56. The van der Waals surface area contributed by atoms with Gasteiger partial charge in [0.1, 0.15) is 49.0 Å². The molecule has 0 bridgehead atoms. The van der Waals surface area contributed by atoms with Crippen LogP contribution in [0.2, 0.25) is 0 Å². The van der Waals surface area contributed by atoms with Crippen molar-refractivity contribution in [1.29, 1.82) is 0 Å². The highest BCUT2D eigenvalue weighted by Gasteiger charge is 2.36. The Labute approximate surface area is 204 Å². The average molecular weight is 530 g/mol. The van der Waals surface area contributed by atoms with Gasteiger partial charge in [-0.25, -0.2) is 4.79 Å². The minimum atomic E-state index is -2.31. The Bertz CT molecular complexity index is 713. The summed E-state index contributed by atoms with van der Waals surface area (Å²) in [6.07, 6.45) is -15.8. The molecule has 14 N–H and O–H groups in total. The first-order valence-electron chi connectivity index (χ1n) is 10.5. The number of amides is 2. The van der Waals surface area contributed by atoms with Crippen molar-refractivity contribution < 1.29 is 70.6 Å². The summed E-state index contributed by atoms with van der Waals surface area (Å²) in [6.45, 7) is -1.93. The maximum Gasteiger partial charge on any atom is 0.326 e. The molecule has 0 aliphatic rings. The van der Waals surface area contributed by atoms with E-state index in [-0.39, 0.29) is 19.4 Å². The zero-order chi connectivity index (χ0) is 28.0. The molecule has 2 amide bonds. The van der Waals surface area contributed by atoms with E-state index in [9.17, 15) is 60.3 Å². The quantitative estimate of drug-likeness (QED) is 0.0338. The molecule has 0 saturated heterocycles. The third-order valence-corrected chi connectivity index (χ3v) is 4.79. The van der Waals surface area contributed by atoms with E-state index in [2.05, 4.69) is 10.4 Å². The number of aliphatic hydroxyl groups is 10. The number of carbonyl (C=O) groups is 3. The minimum Gasteiger partial charge on any atom is -0.480 e. The molecule has 0 rings (SSSR count). The lowest BCUT2D eigenvalue weighted by Crippen LogP contribution is -2.54. The molecule has 0 aromatic carbocycles. The molecule has 9 atom stereocenters. The molecule has 0 aliphatic carbocycles. The molecule has 0 aromatic heterocycles. The number of rotatable bonds is 18. The molecular formula is C18H34N4O14. The molecule has 36 heavy (non-hydrogen) atoms. The van der Waals surface area contributed by atoms with Crippen molar-refractivity contribution in [3.05, 3.63) is 0 Å². The predicted octanol–water partition coefficient (Wildman–Crippen LogP) is -8.14. The standard InChI is InChI=1S/C18H34N4O14/c23-4-8(25)10(27)12(29)14(31)16(33)21-7(18(35)36)2-1-3-19-6-20-22-17(34)15(32)13(30)11(28)9(26)5-24/h6-15,23-32H,1-5H2,(H,19,20)(H,21,33)(H,22,34)(H,35,36)/t7-,8+,9+,10+,11+,12-,13-,14+,15+/m0/s1. The predicted molar refractivity (Wildman–Crippen MR) is 116 cm³/mol. The number of carboxylic acid groups (broad SMARTS) is 1. The molecule has 0 fully saturated rings. The van der Waals surface area contributed by atoms with E-state index in [1.165, 1.54) is 0 Å². The fourth-order valence-corrected chi connectivity index (χ4v) is 2.54. The first kappa shape index (κ1) is 33.5. The van der Waals surface area contributed by atoms with Gasteiger partial charge in [0.25, 0.3) is 11.8 Å². The van der Waals surface area contributed by atoms with Gasteiger partial charge in [0.15, 0.2) is 12.2 Å². The lowest BCUT2D eigenvalue weighted by atomic mass is 10.0. The number of nitrogens with one attached hydrogen (secondary N) is 3. The first-order valence-corrected chi connectivity index (χ1v) is 10.5. The average Bonchev–Trinajstić information content (AvgIpc) is 2.87. The third-order valence-electron chi connectivity index (χ3n) is 4.79. The van der Waals surface area contributed by atoms with E-state index in [4.69, 9.17) is 10.2 Å². The molecule has 18 heteroatoms. The molecule has 0 aromatic rings. The normalized spacial score (nSPS) is 19.3. The van der Waals surface area contributed by atoms with Gasteiger partial charge < -0.3 is 61.5 Å². The number of carbonyl (C=O) groups excluding carboxylic acids is 2. The molecule has 0 unspecified atom stereocenters. The summed E-state index contributed by atoms with van der Waals surface area (Å²) < 4.78 is 0. The van der Waals surface area contributed by atoms with Crippen molar-refractivity contribution in [2.45, 2.75) is 67.7 Å². The lowest BCUT2D eigenvalue weighted by Gasteiger charge is -2.26. The van der Waals surface area contributed by atoms with Crippen LogP contribution < -0.4 is 16.2 Å². The van der Waals surface area contributed by atoms with Crippen molar-refractivity contribution in [2.24, 2.45) is 4.99 Å². The Balaban J connectivity index is 4.52. The Kier molecular flexibility index (Phi) is 15.8. The van der Waals surface area contributed by atoms with Crippen molar-refractivity contribution in [3.8, 4) is 0 Å². The van der Waals surface area contributed by atoms with Crippen LogP contribution in [-0.2, 0) is 14.4 Å². The number of hydrogen-bond donors (Lipinski definition) is 14. The van der Waals surface area contributed by atoms with Gasteiger partial charge in [-0.05, 0) is 12.8 Å². The van der Waals surface area contributed by atoms with Gasteiger partial charge in [0.05, 0.1) is 13.2 Å². The maximum atomic E-state index is 12.0. The van der Waals surface area contributed by atoms with Gasteiger partial charge in [-0.15, -0.1) is 0 Å². The number of aliphatic imine (C=N–C) groups is 1. The van der Waals surface area contributed by atoms with Gasteiger partial charge >= 0.3 is 5.97 Å². The summed E-state index contributed by atoms with van der Waals surface area (Å²) in [7, 11) is 0. The number of hydrazine groups is 1. The van der Waals surface area contributed by atoms with Crippen LogP contribution in [0.3, 0.4) is 0 Å². The van der Waals surface area contributed by atoms with Gasteiger partial charge in [-0.1, -0.05) is 0 Å². The summed E-state index contributed by atoms with van der Waals surface area (Å²) in [5.41, 5.74) is 4.04. The molecule has 0 spiro atoms. The van der Waals surface area contributed by atoms with Crippen LogP contribution in [0.15, 0.2) is 4.99 Å². The van der Waals surface area contributed by atoms with Gasteiger partial charge in [-0.3, -0.25) is 25.4 Å². The molecule has 0 radical (unpaired) electrons. The molecule has 18 nitrogen and oxygen atoms in total. The lowest BCUT2D eigenvalue weighted by molar-refractivity contribution is -0.153. The molecule has 0 heterocycles. The molecule has 0 aliphatic heterocycles.